The number of nitrogens with one attached hydrogen (secondary N) is 1. The third-order valence-corrected chi connectivity index (χ3v) is 4.04. The molecule has 1 N–H and O–H groups in total. The van der Waals surface area contributed by atoms with E-state index in [0.29, 0.717) is 28.8 Å². The van der Waals surface area contributed by atoms with Crippen LogP contribution >= 0.6 is 0 Å². The van der Waals surface area contributed by atoms with Crippen LogP contribution in [0.25, 0.3) is 11.0 Å². The fraction of sp³-hybridized carbons (Fsp3) is 0.235. The van der Waals surface area contributed by atoms with Gasteiger partial charge < -0.3 is 5.32 Å². The second-order valence-electron chi connectivity index (χ2n) is 5.55. The summed E-state index contributed by atoms with van der Waals surface area (Å²) in [6, 6.07) is 5.86. The van der Waals surface area contributed by atoms with Crippen LogP contribution in [-0.4, -0.2) is 14.1 Å². The molecule has 124 valence electrons. The summed E-state index contributed by atoms with van der Waals surface area (Å²) < 4.78 is 15.5. The minimum Gasteiger partial charge on any atom is -0.354 e. The van der Waals surface area contributed by atoms with Gasteiger partial charge in [-0.15, -0.1) is 0 Å². The van der Waals surface area contributed by atoms with Crippen LogP contribution in [0.15, 0.2) is 40.1 Å². The molecule has 1 aromatic carbocycles. The number of aromatic nitrogens is 3. The lowest BCUT2D eigenvalue weighted by molar-refractivity contribution is 0.628. The lowest BCUT2D eigenvalue weighted by Gasteiger charge is -2.15. The van der Waals surface area contributed by atoms with E-state index in [4.69, 9.17) is 0 Å². The zero-order chi connectivity index (χ0) is 17.4. The Balaban J connectivity index is 2.34. The molecule has 3 rings (SSSR count). The second kappa shape index (κ2) is 5.92. The van der Waals surface area contributed by atoms with Crippen molar-refractivity contribution in [2.24, 2.45) is 14.1 Å². The topological polar surface area (TPSA) is 68.9 Å². The average Bonchev–Trinajstić information content (AvgIpc) is 2.59. The normalized spacial score (nSPS) is 11.0. The second-order valence-corrected chi connectivity index (χ2v) is 5.55. The molecule has 0 unspecified atom stereocenters. The number of fused-ring (bicyclic) bond motifs is 1. The monoisotopic (exact) mass is 328 g/mol. The Hall–Kier alpha value is -2.96. The number of aryl methyl sites for hydroxylation is 2. The SMILES string of the molecule is CCc1cnc2c(c1Nc1ccc(F)cc1)c(=O)n(C)c(=O)n2C. The number of hydrogen-bond acceptors (Lipinski definition) is 4. The Bertz CT molecular complexity index is 1040. The molecule has 0 amide bonds. The number of pyridine rings is 1. The summed E-state index contributed by atoms with van der Waals surface area (Å²) >= 11 is 0. The highest BCUT2D eigenvalue weighted by molar-refractivity contribution is 5.92. The van der Waals surface area contributed by atoms with Gasteiger partial charge in [-0.25, -0.2) is 14.2 Å². The predicted molar refractivity (Wildman–Crippen MR) is 91.3 cm³/mol. The largest absolute Gasteiger partial charge is 0.354 e. The van der Waals surface area contributed by atoms with Crippen molar-refractivity contribution in [2.75, 3.05) is 5.32 Å². The van der Waals surface area contributed by atoms with Gasteiger partial charge in [-0.3, -0.25) is 13.9 Å². The molecule has 0 aliphatic rings. The van der Waals surface area contributed by atoms with Crippen molar-refractivity contribution in [3.8, 4) is 0 Å². The van der Waals surface area contributed by atoms with Gasteiger partial charge in [0.05, 0.1) is 5.69 Å². The van der Waals surface area contributed by atoms with Gasteiger partial charge in [-0.05, 0) is 36.2 Å². The van der Waals surface area contributed by atoms with E-state index < -0.39 is 11.2 Å². The first-order valence-electron chi connectivity index (χ1n) is 7.54. The van der Waals surface area contributed by atoms with Crippen LogP contribution in [0.1, 0.15) is 12.5 Å². The molecule has 24 heavy (non-hydrogen) atoms. The summed E-state index contributed by atoms with van der Waals surface area (Å²) in [6.07, 6.45) is 2.30. The van der Waals surface area contributed by atoms with Gasteiger partial charge in [0.25, 0.3) is 5.56 Å². The Morgan fingerprint density at radius 1 is 1.12 bits per heavy atom. The fourth-order valence-corrected chi connectivity index (χ4v) is 2.66. The van der Waals surface area contributed by atoms with Crippen LogP contribution in [-0.2, 0) is 20.5 Å². The number of hydrogen-bond donors (Lipinski definition) is 1. The summed E-state index contributed by atoms with van der Waals surface area (Å²) in [7, 11) is 3.01. The number of anilines is 2. The Kier molecular flexibility index (Phi) is 3.92. The number of nitrogens with zero attached hydrogens (tertiary/aromatic N) is 3. The van der Waals surface area contributed by atoms with Crippen molar-refractivity contribution in [2.45, 2.75) is 13.3 Å². The van der Waals surface area contributed by atoms with Crippen LogP contribution in [0.5, 0.6) is 0 Å². The predicted octanol–water partition coefficient (Wildman–Crippen LogP) is 2.08. The van der Waals surface area contributed by atoms with Gasteiger partial charge in [0.2, 0.25) is 0 Å². The van der Waals surface area contributed by atoms with E-state index in [-0.39, 0.29) is 5.82 Å². The van der Waals surface area contributed by atoms with Crippen molar-refractivity contribution >= 4 is 22.4 Å². The first-order valence-corrected chi connectivity index (χ1v) is 7.54. The maximum absolute atomic E-state index is 13.1. The van der Waals surface area contributed by atoms with Crippen molar-refractivity contribution in [1.82, 2.24) is 14.1 Å². The summed E-state index contributed by atoms with van der Waals surface area (Å²) in [5.74, 6) is -0.339. The molecule has 0 radical (unpaired) electrons. The van der Waals surface area contributed by atoms with E-state index in [1.165, 1.54) is 23.7 Å². The summed E-state index contributed by atoms with van der Waals surface area (Å²) in [5, 5.41) is 3.51. The van der Waals surface area contributed by atoms with E-state index in [1.807, 2.05) is 6.92 Å². The Morgan fingerprint density at radius 2 is 1.79 bits per heavy atom. The van der Waals surface area contributed by atoms with Gasteiger partial charge in [0.15, 0.2) is 5.65 Å². The molecule has 3 aromatic rings. The van der Waals surface area contributed by atoms with E-state index in [9.17, 15) is 14.0 Å². The molecule has 0 bridgehead atoms. The molecule has 0 spiro atoms. The lowest BCUT2D eigenvalue weighted by atomic mass is 10.1. The standard InChI is InChI=1S/C17H17FN4O2/c1-4-10-9-19-15-13(16(23)22(3)17(24)21(15)2)14(10)20-12-7-5-11(18)6-8-12/h5-9H,4H2,1-3H3,(H,19,20). The zero-order valence-electron chi connectivity index (χ0n) is 13.6. The van der Waals surface area contributed by atoms with Crippen LogP contribution in [0.3, 0.4) is 0 Å². The van der Waals surface area contributed by atoms with Crippen molar-refractivity contribution in [3.63, 3.8) is 0 Å². The van der Waals surface area contributed by atoms with Gasteiger partial charge in [0, 0.05) is 26.0 Å². The molecule has 0 fully saturated rings. The molecular weight excluding hydrogens is 311 g/mol. The summed E-state index contributed by atoms with van der Waals surface area (Å²) in [5.41, 5.74) is 1.53. The number of halogens is 1. The highest BCUT2D eigenvalue weighted by Crippen LogP contribution is 2.26. The molecule has 0 saturated carbocycles. The van der Waals surface area contributed by atoms with Crippen molar-refractivity contribution in [3.05, 3.63) is 62.7 Å². The maximum atomic E-state index is 13.1. The first-order chi connectivity index (χ1) is 11.4. The lowest BCUT2D eigenvalue weighted by Crippen LogP contribution is -2.37. The quantitative estimate of drug-likeness (QED) is 0.799. The molecule has 0 aliphatic carbocycles. The molecule has 6 nitrogen and oxygen atoms in total. The zero-order valence-corrected chi connectivity index (χ0v) is 13.6. The average molecular weight is 328 g/mol. The summed E-state index contributed by atoms with van der Waals surface area (Å²) in [6.45, 7) is 1.95. The molecule has 2 heterocycles. The van der Waals surface area contributed by atoms with Crippen LogP contribution < -0.4 is 16.6 Å². The van der Waals surface area contributed by atoms with Gasteiger partial charge in [-0.2, -0.15) is 0 Å². The molecule has 7 heteroatoms. The Morgan fingerprint density at radius 3 is 2.42 bits per heavy atom. The fourth-order valence-electron chi connectivity index (χ4n) is 2.66. The van der Waals surface area contributed by atoms with Gasteiger partial charge in [0.1, 0.15) is 11.2 Å². The molecule has 0 saturated heterocycles. The maximum Gasteiger partial charge on any atom is 0.332 e. The molecule has 0 atom stereocenters. The van der Waals surface area contributed by atoms with E-state index >= 15 is 0 Å². The number of benzene rings is 1. The number of rotatable bonds is 3. The third-order valence-electron chi connectivity index (χ3n) is 4.04. The van der Waals surface area contributed by atoms with Crippen LogP contribution in [0.4, 0.5) is 15.8 Å². The van der Waals surface area contributed by atoms with Gasteiger partial charge in [-0.1, -0.05) is 6.92 Å². The minimum absolute atomic E-state index is 0.310. The van der Waals surface area contributed by atoms with Crippen molar-refractivity contribution in [1.29, 1.82) is 0 Å². The third kappa shape index (κ3) is 2.47. The molecule has 0 aliphatic heterocycles. The van der Waals surface area contributed by atoms with Gasteiger partial charge >= 0.3 is 5.69 Å². The van der Waals surface area contributed by atoms with Crippen molar-refractivity contribution < 1.29 is 4.39 Å². The van der Waals surface area contributed by atoms with Crippen LogP contribution in [0, 0.1) is 5.82 Å². The first kappa shape index (κ1) is 15.9. The van der Waals surface area contributed by atoms with E-state index in [0.717, 1.165) is 10.1 Å². The minimum atomic E-state index is -0.433. The highest BCUT2D eigenvalue weighted by atomic mass is 19.1. The van der Waals surface area contributed by atoms with E-state index in [2.05, 4.69) is 10.3 Å². The molecular formula is C17H17FN4O2. The Labute approximate surface area is 137 Å². The van der Waals surface area contributed by atoms with Crippen LogP contribution in [0.2, 0.25) is 0 Å². The summed E-state index contributed by atoms with van der Waals surface area (Å²) in [4.78, 5) is 29.0. The smallest absolute Gasteiger partial charge is 0.332 e. The molecule has 2 aromatic heterocycles. The highest BCUT2D eigenvalue weighted by Gasteiger charge is 2.16. The van der Waals surface area contributed by atoms with E-state index in [1.54, 1.807) is 25.4 Å².